The molecule has 1 aliphatic rings. The number of benzene rings is 2. The van der Waals surface area contributed by atoms with Crippen molar-refractivity contribution in [1.29, 1.82) is 0 Å². The van der Waals surface area contributed by atoms with Crippen LogP contribution in [0, 0.1) is 0 Å². The highest BCUT2D eigenvalue weighted by molar-refractivity contribution is 7.91. The Morgan fingerprint density at radius 2 is 1.79 bits per heavy atom. The minimum atomic E-state index is -3.53. The molecule has 0 bridgehead atoms. The zero-order valence-corrected chi connectivity index (χ0v) is 20.9. The Balaban J connectivity index is 1.47. The summed E-state index contributed by atoms with van der Waals surface area (Å²) in [5, 5.41) is 2.71. The lowest BCUT2D eigenvalue weighted by Crippen LogP contribution is -2.34. The zero-order valence-electron chi connectivity index (χ0n) is 19.2. The van der Waals surface area contributed by atoms with Crippen LogP contribution in [0.3, 0.4) is 0 Å². The van der Waals surface area contributed by atoms with Gasteiger partial charge < -0.3 is 4.74 Å². The van der Waals surface area contributed by atoms with Crippen LogP contribution < -0.4 is 4.72 Å². The molecule has 0 amide bonds. The van der Waals surface area contributed by atoms with Crippen molar-refractivity contribution in [1.82, 2.24) is 9.29 Å². The molecule has 0 saturated carbocycles. The smallest absolute Gasteiger partial charge is 0.419 e. The van der Waals surface area contributed by atoms with Gasteiger partial charge in [-0.2, -0.15) is 0 Å². The summed E-state index contributed by atoms with van der Waals surface area (Å²) in [6.45, 7) is 5.55. The number of thiophene rings is 1. The molecule has 2 aromatic heterocycles. The Labute approximate surface area is 203 Å². The molecule has 176 valence electrons. The summed E-state index contributed by atoms with van der Waals surface area (Å²) in [4.78, 5) is 13.1. The molecule has 0 aliphatic heterocycles. The van der Waals surface area contributed by atoms with Gasteiger partial charge in [0.2, 0.25) is 10.0 Å². The van der Waals surface area contributed by atoms with Crippen molar-refractivity contribution >= 4 is 38.4 Å². The fraction of sp³-hybridized carbons (Fsp3) is 0.269. The number of ether oxygens (including phenoxy) is 1. The Hall–Kier alpha value is -2.94. The van der Waals surface area contributed by atoms with Crippen LogP contribution in [-0.4, -0.2) is 30.7 Å². The molecule has 5 rings (SSSR count). The maximum atomic E-state index is 13.1. The van der Waals surface area contributed by atoms with Crippen LogP contribution in [0.5, 0.6) is 0 Å². The monoisotopic (exact) mass is 494 g/mol. The first-order valence-electron chi connectivity index (χ1n) is 11.1. The molecule has 34 heavy (non-hydrogen) atoms. The van der Waals surface area contributed by atoms with Gasteiger partial charge in [0.05, 0.1) is 11.2 Å². The molecule has 1 N–H and O–H groups in total. The molecule has 8 heteroatoms. The highest BCUT2D eigenvalue weighted by Gasteiger charge is 2.28. The number of nitrogens with one attached hydrogen (secondary N) is 1. The molecule has 2 heterocycles. The second-order valence-corrected chi connectivity index (χ2v) is 12.4. The molecule has 0 fully saturated rings. The lowest BCUT2D eigenvalue weighted by Gasteiger charge is -2.21. The van der Waals surface area contributed by atoms with Crippen LogP contribution in [0.2, 0.25) is 0 Å². The van der Waals surface area contributed by atoms with E-state index in [0.717, 1.165) is 33.3 Å². The van der Waals surface area contributed by atoms with E-state index >= 15 is 0 Å². The standard InChI is InChI=1S/C26H26N2O4S2/c1-26(2,3)32-25(29)28-22-8-5-4-7-18(22)16-23(28)19-11-10-17-14-21(15-20(17)13-19)27-34(30,31)24-9-6-12-33-24/h4-13,16,21,27H,14-15H2,1-3H3. The summed E-state index contributed by atoms with van der Waals surface area (Å²) in [5.41, 5.74) is 4.00. The zero-order chi connectivity index (χ0) is 24.1. The molecule has 0 saturated heterocycles. The first kappa shape index (κ1) is 22.8. The van der Waals surface area contributed by atoms with Crippen molar-refractivity contribution in [2.75, 3.05) is 0 Å². The van der Waals surface area contributed by atoms with Crippen LogP contribution in [0.25, 0.3) is 22.2 Å². The SMILES string of the molecule is CC(C)(C)OC(=O)n1c(-c2ccc3c(c2)CC(NS(=O)(=O)c2cccs2)C3)cc2ccccc21. The molecule has 1 unspecified atom stereocenters. The van der Waals surface area contributed by atoms with Gasteiger partial charge in [0.1, 0.15) is 9.81 Å². The molecule has 0 spiro atoms. The van der Waals surface area contributed by atoms with E-state index in [1.165, 1.54) is 11.3 Å². The van der Waals surface area contributed by atoms with Crippen molar-refractivity contribution in [2.45, 2.75) is 49.5 Å². The quantitative estimate of drug-likeness (QED) is 0.401. The van der Waals surface area contributed by atoms with Crippen LogP contribution in [0.4, 0.5) is 4.79 Å². The normalized spacial score (nSPS) is 16.0. The minimum Gasteiger partial charge on any atom is -0.443 e. The van der Waals surface area contributed by atoms with Gasteiger partial charge in [-0.1, -0.05) is 36.4 Å². The Kier molecular flexibility index (Phi) is 5.62. The van der Waals surface area contributed by atoms with Crippen molar-refractivity contribution in [2.24, 2.45) is 0 Å². The largest absolute Gasteiger partial charge is 0.443 e. The van der Waals surface area contributed by atoms with Gasteiger partial charge in [-0.15, -0.1) is 11.3 Å². The number of carbonyl (C=O) groups is 1. The molecule has 6 nitrogen and oxygen atoms in total. The van der Waals surface area contributed by atoms with Gasteiger partial charge in [-0.3, -0.25) is 0 Å². The summed E-state index contributed by atoms with van der Waals surface area (Å²) < 4.78 is 35.8. The topological polar surface area (TPSA) is 77.4 Å². The number of nitrogens with zero attached hydrogens (tertiary/aromatic N) is 1. The van der Waals surface area contributed by atoms with Gasteiger partial charge in [0.25, 0.3) is 0 Å². The second-order valence-electron chi connectivity index (χ2n) is 9.55. The molecule has 1 aliphatic carbocycles. The predicted molar refractivity (Wildman–Crippen MR) is 135 cm³/mol. The second kappa shape index (κ2) is 8.37. The molecule has 2 aromatic carbocycles. The third-order valence-corrected chi connectivity index (χ3v) is 8.72. The summed E-state index contributed by atoms with van der Waals surface area (Å²) in [6.07, 6.45) is 0.807. The van der Waals surface area contributed by atoms with Crippen LogP contribution in [0.15, 0.2) is 70.3 Å². The highest BCUT2D eigenvalue weighted by Crippen LogP contribution is 2.33. The van der Waals surface area contributed by atoms with E-state index in [4.69, 9.17) is 4.74 Å². The fourth-order valence-corrected chi connectivity index (χ4v) is 6.67. The van der Waals surface area contributed by atoms with Crippen LogP contribution in [-0.2, 0) is 27.6 Å². The Bertz CT molecular complexity index is 1480. The predicted octanol–water partition coefficient (Wildman–Crippen LogP) is 5.60. The van der Waals surface area contributed by atoms with Gasteiger partial charge in [-0.25, -0.2) is 22.5 Å². The fourth-order valence-electron chi connectivity index (χ4n) is 4.43. The summed E-state index contributed by atoms with van der Waals surface area (Å²) in [7, 11) is -3.53. The highest BCUT2D eigenvalue weighted by atomic mass is 32.2. The average Bonchev–Trinajstić information content (AvgIpc) is 3.49. The number of rotatable bonds is 4. The van der Waals surface area contributed by atoms with Crippen molar-refractivity contribution in [3.63, 3.8) is 0 Å². The minimum absolute atomic E-state index is 0.200. The van der Waals surface area contributed by atoms with E-state index in [1.54, 1.807) is 22.1 Å². The maximum absolute atomic E-state index is 13.1. The van der Waals surface area contributed by atoms with Crippen molar-refractivity contribution in [3.8, 4) is 11.3 Å². The van der Waals surface area contributed by atoms with Crippen molar-refractivity contribution < 1.29 is 17.9 Å². The first-order chi connectivity index (χ1) is 16.1. The van der Waals surface area contributed by atoms with Crippen molar-refractivity contribution in [3.05, 3.63) is 77.2 Å². The Morgan fingerprint density at radius 1 is 1.03 bits per heavy atom. The first-order valence-corrected chi connectivity index (χ1v) is 13.5. The molecule has 4 aromatic rings. The van der Waals surface area contributed by atoms with E-state index in [0.29, 0.717) is 17.1 Å². The maximum Gasteiger partial charge on any atom is 0.419 e. The number of aromatic nitrogens is 1. The average molecular weight is 495 g/mol. The summed E-state index contributed by atoms with van der Waals surface area (Å²) in [6, 6.07) is 18.9. The Morgan fingerprint density at radius 3 is 2.53 bits per heavy atom. The van der Waals surface area contributed by atoms with Crippen LogP contribution in [0.1, 0.15) is 31.9 Å². The van der Waals surface area contributed by atoms with Gasteiger partial charge in [-0.05, 0) is 79.9 Å². The third-order valence-electron chi connectivity index (χ3n) is 5.80. The summed E-state index contributed by atoms with van der Waals surface area (Å²) >= 11 is 1.21. The number of sulfonamides is 1. The van der Waals surface area contributed by atoms with E-state index in [1.807, 2.05) is 63.2 Å². The number of fused-ring (bicyclic) bond motifs is 2. The van der Waals surface area contributed by atoms with Gasteiger partial charge >= 0.3 is 6.09 Å². The molecule has 1 atom stereocenters. The van der Waals surface area contributed by atoms with Crippen LogP contribution >= 0.6 is 11.3 Å². The van der Waals surface area contributed by atoms with Gasteiger partial charge in [0, 0.05) is 11.4 Å². The lowest BCUT2D eigenvalue weighted by molar-refractivity contribution is 0.0547. The molecular weight excluding hydrogens is 468 g/mol. The summed E-state index contributed by atoms with van der Waals surface area (Å²) in [5.74, 6) is 0. The third kappa shape index (κ3) is 4.41. The number of para-hydroxylation sites is 1. The number of hydrogen-bond donors (Lipinski definition) is 1. The van der Waals surface area contributed by atoms with E-state index in [-0.39, 0.29) is 6.04 Å². The van der Waals surface area contributed by atoms with E-state index < -0.39 is 21.7 Å². The van der Waals surface area contributed by atoms with E-state index in [2.05, 4.69) is 10.8 Å². The molecular formula is C26H26N2O4S2. The molecule has 0 radical (unpaired) electrons. The van der Waals surface area contributed by atoms with E-state index in [9.17, 15) is 13.2 Å². The number of hydrogen-bond acceptors (Lipinski definition) is 5. The number of carbonyl (C=O) groups excluding carboxylic acids is 1. The lowest BCUT2D eigenvalue weighted by atomic mass is 10.0. The van der Waals surface area contributed by atoms with Gasteiger partial charge in [0.15, 0.2) is 0 Å².